The second-order valence-corrected chi connectivity index (χ2v) is 9.27. The summed E-state index contributed by atoms with van der Waals surface area (Å²) in [5, 5.41) is 25.6. The summed E-state index contributed by atoms with van der Waals surface area (Å²) >= 11 is 1.66. The summed E-state index contributed by atoms with van der Waals surface area (Å²) in [7, 11) is 0. The molecule has 0 bridgehead atoms. The number of rotatable bonds is 9. The van der Waals surface area contributed by atoms with Crippen LogP contribution in [0.2, 0.25) is 0 Å². The summed E-state index contributed by atoms with van der Waals surface area (Å²) in [5.41, 5.74) is 10.3. The molecule has 180 valence electrons. The van der Waals surface area contributed by atoms with Gasteiger partial charge in [0.2, 0.25) is 6.35 Å². The van der Waals surface area contributed by atoms with E-state index in [1.54, 1.807) is 30.0 Å². The van der Waals surface area contributed by atoms with Gasteiger partial charge >= 0.3 is 0 Å². The van der Waals surface area contributed by atoms with Crippen LogP contribution in [0.5, 0.6) is 0 Å². The van der Waals surface area contributed by atoms with Crippen molar-refractivity contribution in [3.63, 3.8) is 0 Å². The number of hydrogen-bond acceptors (Lipinski definition) is 7. The molecule has 0 aromatic heterocycles. The number of anilines is 2. The van der Waals surface area contributed by atoms with Crippen LogP contribution in [0, 0.1) is 11.3 Å². The van der Waals surface area contributed by atoms with Gasteiger partial charge in [0.25, 0.3) is 5.91 Å². The molecular weight excluding hydrogens is 458 g/mol. The number of amides is 1. The van der Waals surface area contributed by atoms with Gasteiger partial charge in [0.1, 0.15) is 0 Å². The molecule has 1 aliphatic heterocycles. The van der Waals surface area contributed by atoms with Gasteiger partial charge in [-0.1, -0.05) is 18.2 Å². The third-order valence-electron chi connectivity index (χ3n) is 6.12. The zero-order valence-electron chi connectivity index (χ0n) is 19.6. The molecule has 1 amide bonds. The molecule has 0 aliphatic carbocycles. The monoisotopic (exact) mass is 487 g/mol. The fourth-order valence-corrected chi connectivity index (χ4v) is 4.70. The second-order valence-electron chi connectivity index (χ2n) is 8.39. The second kappa shape index (κ2) is 11.3. The van der Waals surface area contributed by atoms with Crippen LogP contribution in [0.1, 0.15) is 39.5 Å². The van der Waals surface area contributed by atoms with E-state index in [2.05, 4.69) is 16.7 Å². The predicted molar refractivity (Wildman–Crippen MR) is 140 cm³/mol. The van der Waals surface area contributed by atoms with E-state index < -0.39 is 6.35 Å². The molecule has 0 fully saturated rings. The van der Waals surface area contributed by atoms with E-state index in [9.17, 15) is 9.90 Å². The molecular formula is C27H29N5O2S. The van der Waals surface area contributed by atoms with Gasteiger partial charge in [-0.3, -0.25) is 4.79 Å². The molecule has 0 radical (unpaired) electrons. The maximum Gasteiger partial charge on any atom is 0.254 e. The molecule has 0 saturated heterocycles. The van der Waals surface area contributed by atoms with Crippen LogP contribution >= 0.6 is 11.8 Å². The largest absolute Gasteiger partial charge is 0.357 e. The Hall–Kier alpha value is -3.51. The predicted octanol–water partition coefficient (Wildman–Crippen LogP) is 4.17. The molecule has 7 nitrogen and oxygen atoms in total. The first-order chi connectivity index (χ1) is 17.0. The Morgan fingerprint density at radius 3 is 2.46 bits per heavy atom. The zero-order valence-corrected chi connectivity index (χ0v) is 20.4. The van der Waals surface area contributed by atoms with Crippen molar-refractivity contribution in [1.82, 2.24) is 4.90 Å². The highest BCUT2D eigenvalue weighted by Gasteiger charge is 2.33. The molecule has 2 atom stereocenters. The number of aliphatic hydroxyl groups is 1. The van der Waals surface area contributed by atoms with Crippen LogP contribution in [0.25, 0.3) is 0 Å². The van der Waals surface area contributed by atoms with E-state index in [0.29, 0.717) is 42.7 Å². The number of fused-ring (bicyclic) bond motifs is 1. The Balaban J connectivity index is 1.53. The first-order valence-corrected chi connectivity index (χ1v) is 12.7. The number of aliphatic hydroxyl groups excluding tert-OH is 1. The van der Waals surface area contributed by atoms with Gasteiger partial charge in [0.15, 0.2) is 0 Å². The van der Waals surface area contributed by atoms with Crippen molar-refractivity contribution in [3.8, 4) is 6.07 Å². The molecule has 0 spiro atoms. The van der Waals surface area contributed by atoms with Crippen molar-refractivity contribution in [2.45, 2.75) is 30.1 Å². The van der Waals surface area contributed by atoms with Crippen LogP contribution in [0.4, 0.5) is 11.4 Å². The fraction of sp³-hybridized carbons (Fsp3) is 0.259. The summed E-state index contributed by atoms with van der Waals surface area (Å²) in [6.45, 7) is 1.04. The number of nitrogens with one attached hydrogen (secondary N) is 2. The maximum absolute atomic E-state index is 13.5. The molecule has 1 aliphatic rings. The van der Waals surface area contributed by atoms with Crippen molar-refractivity contribution in [1.29, 1.82) is 5.26 Å². The minimum Gasteiger partial charge on any atom is -0.357 e. The lowest BCUT2D eigenvalue weighted by molar-refractivity contribution is 0.0646. The average Bonchev–Trinajstić information content (AvgIpc) is 2.89. The Kier molecular flexibility index (Phi) is 7.93. The highest BCUT2D eigenvalue weighted by atomic mass is 32.2. The minimum atomic E-state index is -1.02. The van der Waals surface area contributed by atoms with E-state index in [1.807, 2.05) is 59.7 Å². The smallest absolute Gasteiger partial charge is 0.254 e. The van der Waals surface area contributed by atoms with Crippen LogP contribution in [0.3, 0.4) is 0 Å². The maximum atomic E-state index is 13.5. The SMILES string of the molecule is CSc1ccc(NC(O)Nc2ccc3c(c2)C(=O)N(CCCN)C(c2ccc(C#N)cc2)C3)cc1. The first kappa shape index (κ1) is 24.6. The third kappa shape index (κ3) is 5.77. The van der Waals surface area contributed by atoms with Crippen molar-refractivity contribution < 1.29 is 9.90 Å². The van der Waals surface area contributed by atoms with Crippen LogP contribution in [0.15, 0.2) is 71.6 Å². The molecule has 1 heterocycles. The van der Waals surface area contributed by atoms with Gasteiger partial charge in [-0.05, 0) is 85.3 Å². The number of carbonyl (C=O) groups excluding carboxylic acids is 1. The lowest BCUT2D eigenvalue weighted by Crippen LogP contribution is -2.41. The van der Waals surface area contributed by atoms with Gasteiger partial charge in [0, 0.05) is 28.4 Å². The van der Waals surface area contributed by atoms with Gasteiger partial charge in [0.05, 0.1) is 17.7 Å². The van der Waals surface area contributed by atoms with E-state index in [4.69, 9.17) is 11.0 Å². The summed E-state index contributed by atoms with van der Waals surface area (Å²) in [5.74, 6) is -0.0622. The van der Waals surface area contributed by atoms with E-state index in [-0.39, 0.29) is 11.9 Å². The Morgan fingerprint density at radius 2 is 1.80 bits per heavy atom. The molecule has 3 aromatic rings. The lowest BCUT2D eigenvalue weighted by Gasteiger charge is -2.37. The van der Waals surface area contributed by atoms with Crippen molar-refractivity contribution in [3.05, 3.63) is 89.0 Å². The number of nitrogens with zero attached hydrogens (tertiary/aromatic N) is 2. The summed E-state index contributed by atoms with van der Waals surface area (Å²) in [6, 6.07) is 22.8. The van der Waals surface area contributed by atoms with E-state index >= 15 is 0 Å². The van der Waals surface area contributed by atoms with Gasteiger partial charge < -0.3 is 26.4 Å². The average molecular weight is 488 g/mol. The standard InChI is InChI=1S/C27H29N5O2S/c1-35-23-11-9-21(10-12-23)30-27(34)31-22-8-7-20-15-25(19-5-3-18(17-29)4-6-19)32(14-2-13-28)26(33)24(20)16-22/h3-12,16,25,27,30-31,34H,2,13-15,28H2,1H3. The van der Waals surface area contributed by atoms with Crippen LogP contribution in [-0.2, 0) is 6.42 Å². The van der Waals surface area contributed by atoms with E-state index in [0.717, 1.165) is 21.7 Å². The van der Waals surface area contributed by atoms with Crippen molar-refractivity contribution in [2.75, 3.05) is 30.0 Å². The molecule has 2 unspecified atom stereocenters. The number of benzene rings is 3. The van der Waals surface area contributed by atoms with E-state index in [1.165, 1.54) is 0 Å². The van der Waals surface area contributed by atoms with Crippen LogP contribution < -0.4 is 16.4 Å². The van der Waals surface area contributed by atoms with Crippen molar-refractivity contribution in [2.24, 2.45) is 5.73 Å². The number of hydrogen-bond donors (Lipinski definition) is 4. The molecule has 35 heavy (non-hydrogen) atoms. The number of nitrogens with two attached hydrogens (primary N) is 1. The van der Waals surface area contributed by atoms with Crippen LogP contribution in [-0.4, -0.2) is 41.6 Å². The van der Waals surface area contributed by atoms with Gasteiger partial charge in [-0.15, -0.1) is 11.8 Å². The summed E-state index contributed by atoms with van der Waals surface area (Å²) in [4.78, 5) is 16.6. The van der Waals surface area contributed by atoms with Gasteiger partial charge in [-0.25, -0.2) is 0 Å². The molecule has 3 aromatic carbocycles. The minimum absolute atomic E-state index is 0.0622. The highest BCUT2D eigenvalue weighted by molar-refractivity contribution is 7.98. The molecule has 5 N–H and O–H groups in total. The topological polar surface area (TPSA) is 114 Å². The third-order valence-corrected chi connectivity index (χ3v) is 6.86. The zero-order chi connectivity index (χ0) is 24.8. The normalized spacial score (nSPS) is 15.8. The molecule has 0 saturated carbocycles. The Morgan fingerprint density at radius 1 is 1.11 bits per heavy atom. The lowest BCUT2D eigenvalue weighted by atomic mass is 9.88. The Bertz CT molecular complexity index is 1210. The molecule has 4 rings (SSSR count). The first-order valence-electron chi connectivity index (χ1n) is 11.5. The quantitative estimate of drug-likeness (QED) is 0.265. The summed E-state index contributed by atoms with van der Waals surface area (Å²) in [6.07, 6.45) is 2.36. The number of thioether (sulfide) groups is 1. The number of carbonyl (C=O) groups is 1. The van der Waals surface area contributed by atoms with Gasteiger partial charge in [-0.2, -0.15) is 5.26 Å². The van der Waals surface area contributed by atoms with Crippen molar-refractivity contribution >= 4 is 29.0 Å². The number of nitriles is 1. The Labute approximate surface area is 209 Å². The molecule has 8 heteroatoms. The highest BCUT2D eigenvalue weighted by Crippen LogP contribution is 2.34. The fourth-order valence-electron chi connectivity index (χ4n) is 4.29. The summed E-state index contributed by atoms with van der Waals surface area (Å²) < 4.78 is 0.